The molecule has 1 atom stereocenters. The van der Waals surface area contributed by atoms with Gasteiger partial charge in [-0.2, -0.15) is 18.3 Å². The van der Waals surface area contributed by atoms with Gasteiger partial charge >= 0.3 is 6.18 Å². The second-order valence-corrected chi connectivity index (χ2v) is 7.67. The van der Waals surface area contributed by atoms with Gasteiger partial charge in [0.15, 0.2) is 5.69 Å². The van der Waals surface area contributed by atoms with Crippen molar-refractivity contribution in [1.82, 2.24) is 15.1 Å². The summed E-state index contributed by atoms with van der Waals surface area (Å²) < 4.78 is 46.3. The lowest BCUT2D eigenvalue weighted by atomic mass is 9.95. The van der Waals surface area contributed by atoms with Crippen molar-refractivity contribution in [3.63, 3.8) is 0 Å². The van der Waals surface area contributed by atoms with Gasteiger partial charge in [0, 0.05) is 11.8 Å². The highest BCUT2D eigenvalue weighted by Gasteiger charge is 2.39. The maximum absolute atomic E-state index is 13.3. The quantitative estimate of drug-likeness (QED) is 0.534. The van der Waals surface area contributed by atoms with Crippen LogP contribution in [-0.4, -0.2) is 15.7 Å². The summed E-state index contributed by atoms with van der Waals surface area (Å²) in [5.41, 5.74) is -0.0509. The van der Waals surface area contributed by atoms with Crippen molar-refractivity contribution in [2.75, 3.05) is 5.32 Å². The minimum atomic E-state index is -4.65. The third kappa shape index (κ3) is 4.15. The lowest BCUT2D eigenvalue weighted by Crippen LogP contribution is -2.34. The summed E-state index contributed by atoms with van der Waals surface area (Å²) in [5.74, 6) is 0.135. The molecule has 6 nitrogen and oxygen atoms in total. The number of benzene rings is 1. The Labute approximate surface area is 184 Å². The fourth-order valence-electron chi connectivity index (χ4n) is 3.37. The van der Waals surface area contributed by atoms with Crippen molar-refractivity contribution in [2.24, 2.45) is 0 Å². The summed E-state index contributed by atoms with van der Waals surface area (Å²) in [6.45, 7) is 1.71. The number of furan rings is 1. The lowest BCUT2D eigenvalue weighted by Gasteiger charge is -2.29. The number of allylic oxidation sites excluding steroid dienone is 1. The molecule has 2 aromatic heterocycles. The van der Waals surface area contributed by atoms with E-state index in [9.17, 15) is 18.0 Å². The molecule has 0 bridgehead atoms. The van der Waals surface area contributed by atoms with E-state index in [2.05, 4.69) is 15.7 Å². The van der Waals surface area contributed by atoms with E-state index < -0.39 is 23.8 Å². The number of halogens is 5. The molecule has 3 heterocycles. The third-order valence-corrected chi connectivity index (χ3v) is 5.51. The Hall–Kier alpha value is -2.91. The topological polar surface area (TPSA) is 72.1 Å². The largest absolute Gasteiger partial charge is 0.467 e. The molecule has 1 aliphatic heterocycles. The Bertz CT molecular complexity index is 1170. The van der Waals surface area contributed by atoms with Crippen LogP contribution in [0.25, 0.3) is 0 Å². The van der Waals surface area contributed by atoms with E-state index in [1.54, 1.807) is 25.1 Å². The normalized spacial score (nSPS) is 16.1. The molecule has 3 aromatic rings. The average Bonchev–Trinajstić information content (AvgIpc) is 3.36. The molecule has 0 radical (unpaired) electrons. The second-order valence-electron chi connectivity index (χ2n) is 6.86. The van der Waals surface area contributed by atoms with E-state index in [-0.39, 0.29) is 28.0 Å². The van der Waals surface area contributed by atoms with Crippen LogP contribution in [0.1, 0.15) is 30.0 Å². The first-order valence-corrected chi connectivity index (χ1v) is 9.81. The highest BCUT2D eigenvalue weighted by molar-refractivity contribution is 6.42. The summed E-state index contributed by atoms with van der Waals surface area (Å²) in [6, 6.07) is 7.93. The number of nitrogens with zero attached hydrogens (tertiary/aromatic N) is 2. The minimum Gasteiger partial charge on any atom is -0.467 e. The molecular weight excluding hydrogens is 456 g/mol. The van der Waals surface area contributed by atoms with E-state index in [0.29, 0.717) is 17.0 Å². The van der Waals surface area contributed by atoms with Crippen molar-refractivity contribution in [1.29, 1.82) is 0 Å². The first-order chi connectivity index (χ1) is 14.6. The molecule has 0 saturated carbocycles. The first kappa shape index (κ1) is 21.3. The van der Waals surface area contributed by atoms with Gasteiger partial charge in [-0.3, -0.25) is 4.79 Å². The van der Waals surface area contributed by atoms with Gasteiger partial charge in [0.05, 0.1) is 28.4 Å². The molecule has 2 N–H and O–H groups in total. The fourth-order valence-corrected chi connectivity index (χ4v) is 3.68. The van der Waals surface area contributed by atoms with Crippen LogP contribution >= 0.6 is 23.2 Å². The maximum Gasteiger partial charge on any atom is 0.435 e. The number of amides is 1. The van der Waals surface area contributed by atoms with Crippen LogP contribution in [0.15, 0.2) is 58.3 Å². The Morgan fingerprint density at radius 1 is 1.26 bits per heavy atom. The molecule has 1 aromatic carbocycles. The number of hydrogen-bond acceptors (Lipinski definition) is 4. The smallest absolute Gasteiger partial charge is 0.435 e. The van der Waals surface area contributed by atoms with Crippen molar-refractivity contribution >= 4 is 34.9 Å². The Balaban J connectivity index is 1.78. The lowest BCUT2D eigenvalue weighted by molar-refractivity contribution is -0.141. The SMILES string of the molecule is CC1=C(C(=O)NCc2ccco2)C(c2ccc(Cl)c(Cl)c2)n2nc(C(F)(F)F)cc2N1. The Morgan fingerprint density at radius 3 is 2.68 bits per heavy atom. The number of alkyl halides is 3. The molecule has 0 aliphatic carbocycles. The van der Waals surface area contributed by atoms with Crippen LogP contribution in [0.5, 0.6) is 0 Å². The molecule has 0 saturated heterocycles. The monoisotopic (exact) mass is 470 g/mol. The molecule has 0 spiro atoms. The van der Waals surface area contributed by atoms with Gasteiger partial charge in [-0.05, 0) is 36.8 Å². The third-order valence-electron chi connectivity index (χ3n) is 4.77. The van der Waals surface area contributed by atoms with Crippen LogP contribution < -0.4 is 10.6 Å². The highest BCUT2D eigenvalue weighted by Crippen LogP contribution is 2.40. The zero-order chi connectivity index (χ0) is 22.3. The second kappa shape index (κ2) is 7.97. The molecule has 31 heavy (non-hydrogen) atoms. The summed E-state index contributed by atoms with van der Waals surface area (Å²) in [7, 11) is 0. The number of carbonyl (C=O) groups excluding carboxylic acids is 1. The van der Waals surface area contributed by atoms with E-state index in [1.165, 1.54) is 18.4 Å². The standard InChI is InChI=1S/C20H15Cl2F3N4O2/c1-10-17(19(30)26-9-12-3-2-6-31-12)18(11-4-5-13(21)14(22)7-11)29-16(27-10)8-15(28-29)20(23,24)25/h2-8,18,27H,9H2,1H3,(H,26,30). The summed E-state index contributed by atoms with van der Waals surface area (Å²) in [4.78, 5) is 13.1. The minimum absolute atomic E-state index is 0.100. The van der Waals surface area contributed by atoms with Gasteiger partial charge in [0.1, 0.15) is 17.6 Å². The summed E-state index contributed by atoms with van der Waals surface area (Å²) in [6.07, 6.45) is -3.18. The Morgan fingerprint density at radius 2 is 2.03 bits per heavy atom. The van der Waals surface area contributed by atoms with E-state index >= 15 is 0 Å². The number of hydrogen-bond donors (Lipinski definition) is 2. The Kier molecular flexibility index (Phi) is 5.49. The van der Waals surface area contributed by atoms with Gasteiger partial charge in [-0.1, -0.05) is 29.3 Å². The van der Waals surface area contributed by atoms with Crippen LogP contribution in [0.4, 0.5) is 19.0 Å². The highest BCUT2D eigenvalue weighted by atomic mass is 35.5. The van der Waals surface area contributed by atoms with E-state index in [1.807, 2.05) is 0 Å². The van der Waals surface area contributed by atoms with Gasteiger partial charge in [-0.15, -0.1) is 0 Å². The van der Waals surface area contributed by atoms with Crippen molar-refractivity contribution in [3.8, 4) is 0 Å². The predicted molar refractivity (Wildman–Crippen MR) is 109 cm³/mol. The summed E-state index contributed by atoms with van der Waals surface area (Å²) in [5, 5.41) is 9.78. The number of nitrogens with one attached hydrogen (secondary N) is 2. The number of rotatable bonds is 4. The van der Waals surface area contributed by atoms with Gasteiger partial charge in [-0.25, -0.2) is 4.68 Å². The molecular formula is C20H15Cl2F3N4O2. The molecule has 0 fully saturated rings. The molecule has 162 valence electrons. The first-order valence-electron chi connectivity index (χ1n) is 9.05. The van der Waals surface area contributed by atoms with Crippen LogP contribution in [-0.2, 0) is 17.5 Å². The molecule has 1 aliphatic rings. The number of carbonyl (C=O) groups is 1. The molecule has 1 amide bonds. The predicted octanol–water partition coefficient (Wildman–Crippen LogP) is 5.41. The van der Waals surface area contributed by atoms with Crippen LogP contribution in [0, 0.1) is 0 Å². The van der Waals surface area contributed by atoms with Gasteiger partial charge < -0.3 is 15.1 Å². The molecule has 11 heteroatoms. The fraction of sp³-hybridized carbons (Fsp3) is 0.200. The number of anilines is 1. The molecule has 1 unspecified atom stereocenters. The van der Waals surface area contributed by atoms with Crippen molar-refractivity contribution in [3.05, 3.63) is 81.0 Å². The number of aromatic nitrogens is 2. The molecule has 4 rings (SSSR count). The van der Waals surface area contributed by atoms with Gasteiger partial charge in [0.2, 0.25) is 0 Å². The van der Waals surface area contributed by atoms with Crippen LogP contribution in [0.3, 0.4) is 0 Å². The number of fused-ring (bicyclic) bond motifs is 1. The maximum atomic E-state index is 13.3. The van der Waals surface area contributed by atoms with E-state index in [0.717, 1.165) is 10.7 Å². The average molecular weight is 471 g/mol. The zero-order valence-electron chi connectivity index (χ0n) is 15.9. The zero-order valence-corrected chi connectivity index (χ0v) is 17.4. The van der Waals surface area contributed by atoms with Crippen molar-refractivity contribution in [2.45, 2.75) is 25.7 Å². The van der Waals surface area contributed by atoms with Crippen molar-refractivity contribution < 1.29 is 22.4 Å². The van der Waals surface area contributed by atoms with E-state index in [4.69, 9.17) is 27.6 Å². The van der Waals surface area contributed by atoms with Crippen LogP contribution in [0.2, 0.25) is 10.0 Å². The van der Waals surface area contributed by atoms with Gasteiger partial charge in [0.25, 0.3) is 5.91 Å². The summed E-state index contributed by atoms with van der Waals surface area (Å²) >= 11 is 12.1.